The number of methoxy groups -OCH3 is 2. The second-order valence-electron chi connectivity index (χ2n) is 3.80. The molecule has 1 heterocycles. The van der Waals surface area contributed by atoms with Crippen LogP contribution >= 0.6 is 11.8 Å². The third kappa shape index (κ3) is 3.05. The van der Waals surface area contributed by atoms with E-state index in [4.69, 9.17) is 14.6 Å². The topological polar surface area (TPSA) is 73.6 Å². The molecular weight excluding hydrogens is 280 g/mol. The molecule has 0 unspecified atom stereocenters. The van der Waals surface area contributed by atoms with Gasteiger partial charge in [0.25, 0.3) is 0 Å². The summed E-state index contributed by atoms with van der Waals surface area (Å²) in [5.74, 6) is 0.325. The SMILES string of the molecule is COc1ccc(-n2ccnc2SCC(=O)O)cc1OC. The van der Waals surface area contributed by atoms with Crippen LogP contribution in [0.15, 0.2) is 35.7 Å². The maximum absolute atomic E-state index is 10.6. The Balaban J connectivity index is 2.32. The number of nitrogens with zero attached hydrogens (tertiary/aromatic N) is 2. The highest BCUT2D eigenvalue weighted by Crippen LogP contribution is 2.30. The molecule has 0 aliphatic heterocycles. The molecular formula is C13H14N2O4S. The number of ether oxygens (including phenoxy) is 2. The molecule has 0 saturated carbocycles. The summed E-state index contributed by atoms with van der Waals surface area (Å²) in [6.45, 7) is 0. The zero-order valence-corrected chi connectivity index (χ0v) is 11.9. The van der Waals surface area contributed by atoms with Crippen molar-refractivity contribution in [3.8, 4) is 17.2 Å². The van der Waals surface area contributed by atoms with Crippen LogP contribution in [0.2, 0.25) is 0 Å². The molecule has 106 valence electrons. The molecule has 20 heavy (non-hydrogen) atoms. The van der Waals surface area contributed by atoms with Gasteiger partial charge in [-0.3, -0.25) is 9.36 Å². The smallest absolute Gasteiger partial charge is 0.313 e. The van der Waals surface area contributed by atoms with Crippen LogP contribution in [0, 0.1) is 0 Å². The molecule has 0 amide bonds. The second kappa shape index (κ2) is 6.33. The molecule has 2 rings (SSSR count). The number of carboxylic acids is 1. The minimum Gasteiger partial charge on any atom is -0.493 e. The lowest BCUT2D eigenvalue weighted by Gasteiger charge is -2.11. The standard InChI is InChI=1S/C13H14N2O4S/c1-18-10-4-3-9(7-11(10)19-2)15-6-5-14-13(15)20-8-12(16)17/h3-7H,8H2,1-2H3,(H,16,17). The predicted molar refractivity (Wildman–Crippen MR) is 75.0 cm³/mol. The highest BCUT2D eigenvalue weighted by atomic mass is 32.2. The molecule has 2 aromatic rings. The highest BCUT2D eigenvalue weighted by Gasteiger charge is 2.11. The van der Waals surface area contributed by atoms with Gasteiger partial charge < -0.3 is 14.6 Å². The van der Waals surface area contributed by atoms with E-state index in [0.717, 1.165) is 17.4 Å². The quantitative estimate of drug-likeness (QED) is 0.822. The molecule has 0 radical (unpaired) electrons. The Bertz CT molecular complexity index is 612. The molecule has 0 spiro atoms. The van der Waals surface area contributed by atoms with Crippen LogP contribution in [-0.4, -0.2) is 40.6 Å². The number of aromatic nitrogens is 2. The number of hydrogen-bond donors (Lipinski definition) is 1. The lowest BCUT2D eigenvalue weighted by atomic mass is 10.2. The maximum Gasteiger partial charge on any atom is 0.313 e. The zero-order chi connectivity index (χ0) is 14.5. The second-order valence-corrected chi connectivity index (χ2v) is 4.74. The summed E-state index contributed by atoms with van der Waals surface area (Å²) in [4.78, 5) is 14.8. The average Bonchev–Trinajstić information content (AvgIpc) is 2.92. The van der Waals surface area contributed by atoms with Crippen LogP contribution < -0.4 is 9.47 Å². The fourth-order valence-electron chi connectivity index (χ4n) is 1.69. The molecule has 1 aromatic heterocycles. The van der Waals surface area contributed by atoms with E-state index in [-0.39, 0.29) is 5.75 Å². The molecule has 0 saturated heterocycles. The first-order valence-electron chi connectivity index (χ1n) is 5.76. The van der Waals surface area contributed by atoms with Crippen molar-refractivity contribution in [2.24, 2.45) is 0 Å². The Morgan fingerprint density at radius 2 is 2.10 bits per heavy atom. The van der Waals surface area contributed by atoms with Gasteiger partial charge in [-0.2, -0.15) is 0 Å². The molecule has 0 bridgehead atoms. The summed E-state index contributed by atoms with van der Waals surface area (Å²) in [6.07, 6.45) is 3.40. The minimum atomic E-state index is -0.878. The van der Waals surface area contributed by atoms with Crippen molar-refractivity contribution in [2.75, 3.05) is 20.0 Å². The maximum atomic E-state index is 10.6. The van der Waals surface area contributed by atoms with Crippen LogP contribution in [-0.2, 0) is 4.79 Å². The van der Waals surface area contributed by atoms with Crippen molar-refractivity contribution in [1.29, 1.82) is 0 Å². The summed E-state index contributed by atoms with van der Waals surface area (Å²) < 4.78 is 12.2. The first-order valence-corrected chi connectivity index (χ1v) is 6.74. The fourth-order valence-corrected chi connectivity index (χ4v) is 2.39. The van der Waals surface area contributed by atoms with Gasteiger partial charge in [-0.1, -0.05) is 11.8 Å². The summed E-state index contributed by atoms with van der Waals surface area (Å²) >= 11 is 1.16. The molecule has 1 aromatic carbocycles. The van der Waals surface area contributed by atoms with Crippen molar-refractivity contribution in [2.45, 2.75) is 5.16 Å². The Hall–Kier alpha value is -2.15. The van der Waals surface area contributed by atoms with Gasteiger partial charge in [0.05, 0.1) is 25.7 Å². The van der Waals surface area contributed by atoms with Crippen LogP contribution in [0.1, 0.15) is 0 Å². The van der Waals surface area contributed by atoms with Gasteiger partial charge in [-0.05, 0) is 12.1 Å². The number of imidazole rings is 1. The van der Waals surface area contributed by atoms with Crippen molar-refractivity contribution in [1.82, 2.24) is 9.55 Å². The summed E-state index contributed by atoms with van der Waals surface area (Å²) in [6, 6.07) is 5.46. The van der Waals surface area contributed by atoms with E-state index in [2.05, 4.69) is 4.98 Å². The first-order chi connectivity index (χ1) is 9.65. The molecule has 0 atom stereocenters. The van der Waals surface area contributed by atoms with E-state index in [1.165, 1.54) is 0 Å². The van der Waals surface area contributed by atoms with E-state index < -0.39 is 5.97 Å². The monoisotopic (exact) mass is 294 g/mol. The molecule has 0 fully saturated rings. The molecule has 0 aliphatic carbocycles. The summed E-state index contributed by atoms with van der Waals surface area (Å²) in [5, 5.41) is 9.34. The number of carboxylic acid groups (broad SMARTS) is 1. The number of carbonyl (C=O) groups is 1. The third-order valence-corrected chi connectivity index (χ3v) is 3.53. The van der Waals surface area contributed by atoms with Crippen molar-refractivity contribution < 1.29 is 19.4 Å². The average molecular weight is 294 g/mol. The van der Waals surface area contributed by atoms with Gasteiger partial charge in [0, 0.05) is 18.5 Å². The van der Waals surface area contributed by atoms with Crippen LogP contribution in [0.25, 0.3) is 5.69 Å². The van der Waals surface area contributed by atoms with E-state index in [1.54, 1.807) is 37.2 Å². The number of benzene rings is 1. The van der Waals surface area contributed by atoms with Gasteiger partial charge in [-0.15, -0.1) is 0 Å². The largest absolute Gasteiger partial charge is 0.493 e. The normalized spacial score (nSPS) is 10.3. The molecule has 7 heteroatoms. The molecule has 0 aliphatic rings. The van der Waals surface area contributed by atoms with Gasteiger partial charge in [0.1, 0.15) is 0 Å². The Labute approximate surface area is 120 Å². The number of thioether (sulfide) groups is 1. The van der Waals surface area contributed by atoms with Crippen LogP contribution in [0.4, 0.5) is 0 Å². The zero-order valence-electron chi connectivity index (χ0n) is 11.1. The van der Waals surface area contributed by atoms with E-state index in [9.17, 15) is 4.79 Å². The Kier molecular flexibility index (Phi) is 4.52. The Morgan fingerprint density at radius 1 is 1.35 bits per heavy atom. The fraction of sp³-hybridized carbons (Fsp3) is 0.231. The van der Waals surface area contributed by atoms with Crippen molar-refractivity contribution >= 4 is 17.7 Å². The van der Waals surface area contributed by atoms with E-state index in [0.29, 0.717) is 16.7 Å². The van der Waals surface area contributed by atoms with E-state index in [1.807, 2.05) is 12.1 Å². The number of hydrogen-bond acceptors (Lipinski definition) is 5. The first kappa shape index (κ1) is 14.3. The van der Waals surface area contributed by atoms with Crippen molar-refractivity contribution in [3.05, 3.63) is 30.6 Å². The lowest BCUT2D eigenvalue weighted by Crippen LogP contribution is -2.02. The summed E-state index contributed by atoms with van der Waals surface area (Å²) in [5.41, 5.74) is 0.827. The van der Waals surface area contributed by atoms with Crippen molar-refractivity contribution in [3.63, 3.8) is 0 Å². The minimum absolute atomic E-state index is 0.0374. The van der Waals surface area contributed by atoms with Gasteiger partial charge in [0.2, 0.25) is 0 Å². The predicted octanol–water partition coefficient (Wildman–Crippen LogP) is 2.07. The van der Waals surface area contributed by atoms with Crippen LogP contribution in [0.5, 0.6) is 11.5 Å². The third-order valence-electron chi connectivity index (χ3n) is 2.58. The molecule has 6 nitrogen and oxygen atoms in total. The number of rotatable bonds is 6. The highest BCUT2D eigenvalue weighted by molar-refractivity contribution is 7.99. The number of aliphatic carboxylic acids is 1. The van der Waals surface area contributed by atoms with Gasteiger partial charge >= 0.3 is 5.97 Å². The van der Waals surface area contributed by atoms with E-state index >= 15 is 0 Å². The Morgan fingerprint density at radius 3 is 2.75 bits per heavy atom. The van der Waals surface area contributed by atoms with Gasteiger partial charge in [-0.25, -0.2) is 4.98 Å². The summed E-state index contributed by atoms with van der Waals surface area (Å²) in [7, 11) is 3.14. The molecule has 1 N–H and O–H groups in total. The lowest BCUT2D eigenvalue weighted by molar-refractivity contribution is -0.133. The van der Waals surface area contributed by atoms with Crippen LogP contribution in [0.3, 0.4) is 0 Å². The van der Waals surface area contributed by atoms with Gasteiger partial charge in [0.15, 0.2) is 16.7 Å².